The third-order valence-electron chi connectivity index (χ3n) is 3.93. The Morgan fingerprint density at radius 2 is 1.53 bits per heavy atom. The van der Waals surface area contributed by atoms with E-state index < -0.39 is 8.32 Å². The fourth-order valence-electron chi connectivity index (χ4n) is 3.20. The maximum absolute atomic E-state index is 10.8. The van der Waals surface area contributed by atoms with Crippen molar-refractivity contribution in [2.75, 3.05) is 6.61 Å². The van der Waals surface area contributed by atoms with Crippen molar-refractivity contribution in [2.24, 2.45) is 0 Å². The predicted octanol–water partition coefficient (Wildman–Crippen LogP) is 5.10. The summed E-state index contributed by atoms with van der Waals surface area (Å²) in [5.74, 6) is 0.121. The molecule has 0 unspecified atom stereocenters. The van der Waals surface area contributed by atoms with Crippen LogP contribution in [-0.4, -0.2) is 20.7 Å². The maximum Gasteiger partial charge on any atom is 0.200 e. The lowest BCUT2D eigenvalue weighted by Gasteiger charge is -2.42. The summed E-state index contributed by atoms with van der Waals surface area (Å²) in [6.07, 6.45) is 5.54. The van der Waals surface area contributed by atoms with Crippen molar-refractivity contribution >= 4 is 14.1 Å². The van der Waals surface area contributed by atoms with Gasteiger partial charge in [-0.3, -0.25) is 4.79 Å². The monoisotopic (exact) mass is 284 g/mol. The normalized spacial score (nSPS) is 13.2. The lowest BCUT2D eigenvalue weighted by Crippen LogP contribution is -2.47. The van der Waals surface area contributed by atoms with E-state index in [1.54, 1.807) is 13.0 Å². The first-order chi connectivity index (χ1) is 8.75. The van der Waals surface area contributed by atoms with Gasteiger partial charge in [0.2, 0.25) is 0 Å². The van der Waals surface area contributed by atoms with Crippen LogP contribution in [0, 0.1) is 0 Å². The summed E-state index contributed by atoms with van der Waals surface area (Å²) in [5.41, 5.74) is 1.92. The van der Waals surface area contributed by atoms with Crippen LogP contribution in [0.1, 0.15) is 61.3 Å². The molecule has 0 saturated heterocycles. The fourth-order valence-corrected chi connectivity index (χ4v) is 8.70. The van der Waals surface area contributed by atoms with Crippen LogP contribution < -0.4 is 0 Å². The van der Waals surface area contributed by atoms with Crippen LogP contribution in [0.4, 0.5) is 0 Å². The SMILES string of the molecule is CC(=O)/C=C/CCCO[Si](C(C)C)(C(C)C)C(C)C. The number of carbonyl (C=O) groups is 1. The smallest absolute Gasteiger partial charge is 0.200 e. The quantitative estimate of drug-likeness (QED) is 0.334. The minimum Gasteiger partial charge on any atom is -0.416 e. The van der Waals surface area contributed by atoms with Crippen LogP contribution in [-0.2, 0) is 9.22 Å². The zero-order chi connectivity index (χ0) is 15.1. The molecule has 0 aromatic heterocycles. The summed E-state index contributed by atoms with van der Waals surface area (Å²) >= 11 is 0. The van der Waals surface area contributed by atoms with Gasteiger partial charge in [-0.1, -0.05) is 47.6 Å². The first-order valence-corrected chi connectivity index (χ1v) is 9.70. The Balaban J connectivity index is 4.40. The van der Waals surface area contributed by atoms with E-state index in [2.05, 4.69) is 41.5 Å². The molecule has 112 valence electrons. The highest BCUT2D eigenvalue weighted by Crippen LogP contribution is 2.42. The highest BCUT2D eigenvalue weighted by Gasteiger charge is 2.44. The molecule has 0 N–H and O–H groups in total. The van der Waals surface area contributed by atoms with Gasteiger partial charge in [0.1, 0.15) is 0 Å². The van der Waals surface area contributed by atoms with Gasteiger partial charge in [-0.15, -0.1) is 0 Å². The first kappa shape index (κ1) is 18.6. The van der Waals surface area contributed by atoms with E-state index in [-0.39, 0.29) is 5.78 Å². The molecule has 0 spiro atoms. The van der Waals surface area contributed by atoms with E-state index >= 15 is 0 Å². The average molecular weight is 285 g/mol. The Kier molecular flexibility index (Phi) is 8.51. The molecule has 2 nitrogen and oxygen atoms in total. The standard InChI is InChI=1S/C16H32O2Si/c1-13(2)19(14(3)4,15(5)6)18-12-10-8-9-11-16(7)17/h9,11,13-15H,8,10,12H2,1-7H3/b11-9+. The van der Waals surface area contributed by atoms with Gasteiger partial charge in [0.25, 0.3) is 0 Å². The third-order valence-corrected chi connectivity index (χ3v) is 10.0. The van der Waals surface area contributed by atoms with E-state index in [0.29, 0.717) is 16.6 Å². The molecular weight excluding hydrogens is 252 g/mol. The summed E-state index contributed by atoms with van der Waals surface area (Å²) in [6, 6.07) is 0. The predicted molar refractivity (Wildman–Crippen MR) is 86.1 cm³/mol. The Morgan fingerprint density at radius 1 is 1.05 bits per heavy atom. The van der Waals surface area contributed by atoms with Gasteiger partial charge in [-0.25, -0.2) is 0 Å². The van der Waals surface area contributed by atoms with Crippen LogP contribution in [0.2, 0.25) is 16.6 Å². The summed E-state index contributed by atoms with van der Waals surface area (Å²) in [7, 11) is -1.70. The molecule has 0 aliphatic rings. The highest BCUT2D eigenvalue weighted by molar-refractivity contribution is 6.77. The summed E-state index contributed by atoms with van der Waals surface area (Å²) in [5, 5.41) is 0. The number of ketones is 1. The summed E-state index contributed by atoms with van der Waals surface area (Å²) in [6.45, 7) is 16.3. The average Bonchev–Trinajstić information content (AvgIpc) is 2.26. The van der Waals surface area contributed by atoms with Gasteiger partial charge in [-0.05, 0) is 42.5 Å². The first-order valence-electron chi connectivity index (χ1n) is 7.56. The van der Waals surface area contributed by atoms with Crippen molar-refractivity contribution in [3.05, 3.63) is 12.2 Å². The van der Waals surface area contributed by atoms with Crippen molar-refractivity contribution in [2.45, 2.75) is 77.9 Å². The lowest BCUT2D eigenvalue weighted by atomic mass is 10.3. The molecule has 0 atom stereocenters. The zero-order valence-electron chi connectivity index (χ0n) is 13.8. The third kappa shape index (κ3) is 5.61. The Hall–Kier alpha value is -0.413. The van der Waals surface area contributed by atoms with Crippen LogP contribution in [0.15, 0.2) is 12.2 Å². The Morgan fingerprint density at radius 3 is 1.89 bits per heavy atom. The minimum atomic E-state index is -1.70. The van der Waals surface area contributed by atoms with E-state index in [0.717, 1.165) is 19.4 Å². The lowest BCUT2D eigenvalue weighted by molar-refractivity contribution is -0.112. The van der Waals surface area contributed by atoms with E-state index in [1.165, 1.54) is 0 Å². The van der Waals surface area contributed by atoms with Gasteiger partial charge in [0.15, 0.2) is 14.1 Å². The maximum atomic E-state index is 10.8. The zero-order valence-corrected chi connectivity index (χ0v) is 14.8. The number of allylic oxidation sites excluding steroid dienone is 2. The second-order valence-electron chi connectivity index (χ2n) is 6.32. The van der Waals surface area contributed by atoms with Crippen LogP contribution in [0.3, 0.4) is 0 Å². The summed E-state index contributed by atoms with van der Waals surface area (Å²) in [4.78, 5) is 10.8. The van der Waals surface area contributed by atoms with E-state index in [1.807, 2.05) is 6.08 Å². The number of hydrogen-bond acceptors (Lipinski definition) is 2. The number of rotatable bonds is 9. The topological polar surface area (TPSA) is 26.3 Å². The van der Waals surface area contributed by atoms with Gasteiger partial charge >= 0.3 is 0 Å². The van der Waals surface area contributed by atoms with Crippen molar-refractivity contribution in [3.8, 4) is 0 Å². The molecular formula is C16H32O2Si. The van der Waals surface area contributed by atoms with Crippen molar-refractivity contribution in [1.82, 2.24) is 0 Å². The number of hydrogen-bond donors (Lipinski definition) is 0. The molecule has 0 radical (unpaired) electrons. The Bertz CT molecular complexity index is 271. The van der Waals surface area contributed by atoms with Crippen LogP contribution in [0.5, 0.6) is 0 Å². The highest BCUT2D eigenvalue weighted by atomic mass is 28.4. The molecule has 0 fully saturated rings. The molecule has 0 saturated carbocycles. The van der Waals surface area contributed by atoms with Gasteiger partial charge in [-0.2, -0.15) is 0 Å². The van der Waals surface area contributed by atoms with Gasteiger partial charge in [0.05, 0.1) is 0 Å². The second-order valence-corrected chi connectivity index (χ2v) is 11.8. The molecule has 0 heterocycles. The molecule has 0 aromatic carbocycles. The molecule has 0 rings (SSSR count). The molecule has 0 aliphatic heterocycles. The van der Waals surface area contributed by atoms with Crippen LogP contribution >= 0.6 is 0 Å². The fraction of sp³-hybridized carbons (Fsp3) is 0.812. The molecule has 0 aromatic rings. The van der Waals surface area contributed by atoms with Crippen molar-refractivity contribution < 1.29 is 9.22 Å². The molecule has 3 heteroatoms. The van der Waals surface area contributed by atoms with E-state index in [9.17, 15) is 4.79 Å². The van der Waals surface area contributed by atoms with Crippen molar-refractivity contribution in [3.63, 3.8) is 0 Å². The van der Waals surface area contributed by atoms with Gasteiger partial charge in [0, 0.05) is 6.61 Å². The van der Waals surface area contributed by atoms with Crippen molar-refractivity contribution in [1.29, 1.82) is 0 Å². The Labute approximate surface area is 120 Å². The second kappa shape index (κ2) is 8.70. The molecule has 0 bridgehead atoms. The minimum absolute atomic E-state index is 0.121. The summed E-state index contributed by atoms with van der Waals surface area (Å²) < 4.78 is 6.44. The van der Waals surface area contributed by atoms with E-state index in [4.69, 9.17) is 4.43 Å². The largest absolute Gasteiger partial charge is 0.416 e. The van der Waals surface area contributed by atoms with Crippen LogP contribution in [0.25, 0.3) is 0 Å². The molecule has 19 heavy (non-hydrogen) atoms. The molecule has 0 amide bonds. The number of carbonyl (C=O) groups excluding carboxylic acids is 1. The van der Waals surface area contributed by atoms with Gasteiger partial charge < -0.3 is 4.43 Å². The molecule has 0 aliphatic carbocycles. The number of unbranched alkanes of at least 4 members (excludes halogenated alkanes) is 1.